The van der Waals surface area contributed by atoms with E-state index in [-0.39, 0.29) is 46.8 Å². The Morgan fingerprint density at radius 2 is 1.67 bits per heavy atom. The van der Waals surface area contributed by atoms with Crippen molar-refractivity contribution in [2.75, 3.05) is 26.0 Å². The van der Waals surface area contributed by atoms with Crippen LogP contribution in [0.25, 0.3) is 11.1 Å². The number of rotatable bonds is 9. The molecule has 3 aromatic rings. The molecule has 0 unspecified atom stereocenters. The van der Waals surface area contributed by atoms with Crippen molar-refractivity contribution in [2.45, 2.75) is 50.6 Å². The predicted octanol–water partition coefficient (Wildman–Crippen LogP) is 5.24. The summed E-state index contributed by atoms with van der Waals surface area (Å²) in [6.07, 6.45) is -7.56. The number of benzene rings is 2. The van der Waals surface area contributed by atoms with Gasteiger partial charge in [0.2, 0.25) is 5.91 Å². The minimum absolute atomic E-state index is 0.000920. The van der Waals surface area contributed by atoms with E-state index in [9.17, 15) is 45.1 Å². The number of aromatic nitrogens is 1. The van der Waals surface area contributed by atoms with Crippen LogP contribution in [0.3, 0.4) is 0 Å². The second-order valence-corrected chi connectivity index (χ2v) is 10.9. The van der Waals surface area contributed by atoms with Gasteiger partial charge in [0, 0.05) is 41.2 Å². The summed E-state index contributed by atoms with van der Waals surface area (Å²) < 4.78 is 92.9. The molecule has 0 saturated heterocycles. The van der Waals surface area contributed by atoms with E-state index in [0.717, 1.165) is 18.2 Å². The average molecular weight is 689 g/mol. The Bertz CT molecular complexity index is 1700. The van der Waals surface area contributed by atoms with Crippen molar-refractivity contribution in [2.24, 2.45) is 0 Å². The number of carbonyl (C=O) groups is 3. The number of nitrogens with zero attached hydrogens (tertiary/aromatic N) is 1. The first-order valence-electron chi connectivity index (χ1n) is 14.2. The molecule has 1 aliphatic carbocycles. The number of carboxylic acid groups (broad SMARTS) is 1. The highest BCUT2D eigenvalue weighted by atomic mass is 19.4. The van der Waals surface area contributed by atoms with Crippen molar-refractivity contribution in [3.05, 3.63) is 81.5 Å². The van der Waals surface area contributed by atoms with Gasteiger partial charge in [-0.2, -0.15) is 26.3 Å². The van der Waals surface area contributed by atoms with Gasteiger partial charge >= 0.3 is 18.3 Å². The molecule has 0 aliphatic heterocycles. The molecule has 2 aromatic carbocycles. The molecule has 0 spiro atoms. The molecule has 17 heteroatoms. The standard InChI is InChI=1S/C29H30F4N4O4.C2HF3O2/c1-4-41-25-14-26(38)34-15-23(25)16-5-6-17(24(30)9-16)10-27(39)35-20-8-18(7-19(11-20)29(31,32)33)28(40)36-21-12-22(13-21)37(2)3;3-2(4,5)1(6)7/h5-9,11,14-15,21-22H,4,10,12-13H2,1-3H3,(H,34,38)(H,35,39)(H,36,40);(H,6,7). The highest BCUT2D eigenvalue weighted by Gasteiger charge is 2.38. The topological polar surface area (TPSA) is 141 Å². The molecule has 48 heavy (non-hydrogen) atoms. The van der Waals surface area contributed by atoms with E-state index in [1.165, 1.54) is 30.5 Å². The van der Waals surface area contributed by atoms with Crippen LogP contribution in [0.5, 0.6) is 5.75 Å². The number of halogens is 7. The average Bonchev–Trinajstić information content (AvgIpc) is 2.95. The number of nitrogens with one attached hydrogen (secondary N) is 3. The number of pyridine rings is 1. The normalized spacial score (nSPS) is 15.9. The summed E-state index contributed by atoms with van der Waals surface area (Å²) in [4.78, 5) is 50.5. The summed E-state index contributed by atoms with van der Waals surface area (Å²) in [7, 11) is 3.82. The first-order chi connectivity index (χ1) is 22.3. The number of anilines is 1. The Morgan fingerprint density at radius 1 is 1.02 bits per heavy atom. The van der Waals surface area contributed by atoms with Crippen LogP contribution >= 0.6 is 0 Å². The Balaban J connectivity index is 0.000000804. The van der Waals surface area contributed by atoms with Gasteiger partial charge in [-0.3, -0.25) is 14.4 Å². The minimum Gasteiger partial charge on any atom is -0.493 e. The number of alkyl halides is 6. The third-order valence-corrected chi connectivity index (χ3v) is 7.13. The molecule has 0 bridgehead atoms. The van der Waals surface area contributed by atoms with Crippen molar-refractivity contribution in [3.8, 4) is 16.9 Å². The predicted molar refractivity (Wildman–Crippen MR) is 159 cm³/mol. The lowest BCUT2D eigenvalue weighted by Crippen LogP contribution is -2.51. The van der Waals surface area contributed by atoms with Crippen LogP contribution in [-0.4, -0.2) is 71.7 Å². The van der Waals surface area contributed by atoms with Crippen LogP contribution in [0.1, 0.15) is 41.3 Å². The number of hydrogen-bond donors (Lipinski definition) is 4. The number of H-pyrrole nitrogens is 1. The van der Waals surface area contributed by atoms with Crippen molar-refractivity contribution in [1.82, 2.24) is 15.2 Å². The van der Waals surface area contributed by atoms with Crippen LogP contribution in [0.15, 0.2) is 53.5 Å². The third-order valence-electron chi connectivity index (χ3n) is 7.13. The zero-order valence-electron chi connectivity index (χ0n) is 25.7. The molecule has 1 saturated carbocycles. The number of ether oxygens (including phenoxy) is 1. The highest BCUT2D eigenvalue weighted by molar-refractivity contribution is 5.98. The van der Waals surface area contributed by atoms with E-state index < -0.39 is 47.9 Å². The van der Waals surface area contributed by atoms with Gasteiger partial charge in [0.05, 0.1) is 18.6 Å². The third kappa shape index (κ3) is 10.3. The van der Waals surface area contributed by atoms with Crippen LogP contribution in [0.4, 0.5) is 36.4 Å². The zero-order valence-corrected chi connectivity index (χ0v) is 25.7. The Kier molecular flexibility index (Phi) is 12.0. The highest BCUT2D eigenvalue weighted by Crippen LogP contribution is 2.33. The van der Waals surface area contributed by atoms with Crippen LogP contribution in [-0.2, 0) is 22.2 Å². The van der Waals surface area contributed by atoms with Gasteiger partial charge in [-0.05, 0) is 69.3 Å². The molecule has 1 heterocycles. The monoisotopic (exact) mass is 688 g/mol. The molecule has 1 aliphatic rings. The molecule has 0 radical (unpaired) electrons. The van der Waals surface area contributed by atoms with Gasteiger partial charge in [0.1, 0.15) is 11.6 Å². The van der Waals surface area contributed by atoms with Gasteiger partial charge in [0.15, 0.2) is 0 Å². The van der Waals surface area contributed by atoms with E-state index >= 15 is 0 Å². The van der Waals surface area contributed by atoms with E-state index in [1.807, 2.05) is 19.0 Å². The molecule has 10 nitrogen and oxygen atoms in total. The number of carboxylic acids is 1. The number of carbonyl (C=O) groups excluding carboxylic acids is 2. The van der Waals surface area contributed by atoms with Crippen molar-refractivity contribution in [1.29, 1.82) is 0 Å². The summed E-state index contributed by atoms with van der Waals surface area (Å²) in [5.41, 5.74) is -1.13. The lowest BCUT2D eigenvalue weighted by molar-refractivity contribution is -0.192. The largest absolute Gasteiger partial charge is 0.493 e. The van der Waals surface area contributed by atoms with Crippen LogP contribution in [0.2, 0.25) is 0 Å². The van der Waals surface area contributed by atoms with Crippen LogP contribution in [0, 0.1) is 5.82 Å². The maximum atomic E-state index is 15.0. The smallest absolute Gasteiger partial charge is 0.490 e. The molecular formula is C31H31F7N4O6. The molecule has 1 aromatic heterocycles. The summed E-state index contributed by atoms with van der Waals surface area (Å²) in [5.74, 6) is -4.67. The maximum absolute atomic E-state index is 15.0. The van der Waals surface area contributed by atoms with Crippen molar-refractivity contribution in [3.63, 3.8) is 0 Å². The van der Waals surface area contributed by atoms with Gasteiger partial charge < -0.3 is 30.4 Å². The molecule has 2 amide bonds. The van der Waals surface area contributed by atoms with Gasteiger partial charge in [-0.25, -0.2) is 9.18 Å². The first-order valence-corrected chi connectivity index (χ1v) is 14.2. The Labute approximate surface area is 268 Å². The Morgan fingerprint density at radius 3 is 2.21 bits per heavy atom. The fourth-order valence-corrected chi connectivity index (χ4v) is 4.58. The lowest BCUT2D eigenvalue weighted by Gasteiger charge is -2.39. The second-order valence-electron chi connectivity index (χ2n) is 10.9. The summed E-state index contributed by atoms with van der Waals surface area (Å²) in [6, 6.07) is 8.08. The van der Waals surface area contributed by atoms with Gasteiger partial charge in [0.25, 0.3) is 11.5 Å². The van der Waals surface area contributed by atoms with E-state index in [4.69, 9.17) is 14.6 Å². The minimum atomic E-state index is -5.08. The number of aromatic amines is 1. The number of hydrogen-bond acceptors (Lipinski definition) is 6. The summed E-state index contributed by atoms with van der Waals surface area (Å²) >= 11 is 0. The van der Waals surface area contributed by atoms with Gasteiger partial charge in [-0.15, -0.1) is 0 Å². The quantitative estimate of drug-likeness (QED) is 0.226. The van der Waals surface area contributed by atoms with Crippen molar-refractivity contribution >= 4 is 23.5 Å². The first kappa shape index (κ1) is 37.5. The lowest BCUT2D eigenvalue weighted by atomic mass is 9.86. The van der Waals surface area contributed by atoms with E-state index in [2.05, 4.69) is 15.6 Å². The fourth-order valence-electron chi connectivity index (χ4n) is 4.58. The fraction of sp³-hybridized carbons (Fsp3) is 0.355. The van der Waals surface area contributed by atoms with E-state index in [1.54, 1.807) is 6.92 Å². The molecular weight excluding hydrogens is 657 g/mol. The molecule has 260 valence electrons. The van der Waals surface area contributed by atoms with Gasteiger partial charge in [-0.1, -0.05) is 12.1 Å². The summed E-state index contributed by atoms with van der Waals surface area (Å²) in [5, 5.41) is 12.2. The molecule has 0 atom stereocenters. The number of amides is 2. The molecule has 1 fully saturated rings. The van der Waals surface area contributed by atoms with Crippen molar-refractivity contribution < 1.29 is 55.0 Å². The zero-order chi connectivity index (χ0) is 36.0. The SMILES string of the molecule is CCOc1cc(=O)[nH]cc1-c1ccc(CC(=O)Nc2cc(C(=O)NC3CC(N(C)C)C3)cc(C(F)(F)F)c2)c(F)c1.O=C(O)C(F)(F)F. The molecule has 4 N–H and O–H groups in total. The van der Waals surface area contributed by atoms with Crippen LogP contribution < -0.4 is 20.9 Å². The second kappa shape index (κ2) is 15.3. The maximum Gasteiger partial charge on any atom is 0.490 e. The molecule has 4 rings (SSSR count). The van der Waals surface area contributed by atoms with E-state index in [0.29, 0.717) is 24.0 Å². The number of aliphatic carboxylic acids is 1. The summed E-state index contributed by atoms with van der Waals surface area (Å²) in [6.45, 7) is 2.02. The Hall–Kier alpha value is -4.93.